The van der Waals surface area contributed by atoms with E-state index >= 15 is 0 Å². The summed E-state index contributed by atoms with van der Waals surface area (Å²) in [5.74, 6) is 0. The van der Waals surface area contributed by atoms with Crippen LogP contribution in [0.5, 0.6) is 0 Å². The molecule has 0 amide bonds. The molecule has 0 aliphatic heterocycles. The van der Waals surface area contributed by atoms with Crippen LogP contribution in [0.2, 0.25) is 0 Å². The molecule has 1 aromatic carbocycles. The molecule has 72 valence electrons. The number of rotatable bonds is 1. The van der Waals surface area contributed by atoms with E-state index in [2.05, 4.69) is 54.9 Å². The zero-order chi connectivity index (χ0) is 10.1. The summed E-state index contributed by atoms with van der Waals surface area (Å²) < 4.78 is -0.0945. The zero-order valence-corrected chi connectivity index (χ0v) is 10.5. The summed E-state index contributed by atoms with van der Waals surface area (Å²) in [7, 11) is 0. The summed E-state index contributed by atoms with van der Waals surface area (Å²) in [6, 6.07) is 8.26. The second-order valence-electron chi connectivity index (χ2n) is 4.14. The second kappa shape index (κ2) is 4.02. The van der Waals surface area contributed by atoms with Crippen LogP contribution in [0.25, 0.3) is 0 Å². The Labute approximate surface area is 93.4 Å². The van der Waals surface area contributed by atoms with Gasteiger partial charge in [-0.2, -0.15) is 0 Å². The lowest BCUT2D eigenvalue weighted by Crippen LogP contribution is -2.13. The molecule has 0 spiro atoms. The number of alkyl halides is 2. The van der Waals surface area contributed by atoms with Gasteiger partial charge in [0.25, 0.3) is 0 Å². The van der Waals surface area contributed by atoms with Crippen LogP contribution in [-0.4, -0.2) is 0 Å². The van der Waals surface area contributed by atoms with Crippen molar-refractivity contribution in [3.05, 3.63) is 35.4 Å². The first-order chi connectivity index (χ1) is 5.93. The van der Waals surface area contributed by atoms with Crippen molar-refractivity contribution in [2.24, 2.45) is 0 Å². The molecule has 0 aliphatic carbocycles. The molecular weight excluding hydrogens is 247 g/mol. The number of benzene rings is 1. The topological polar surface area (TPSA) is 0 Å². The maximum absolute atomic E-state index is 6.03. The molecule has 0 aromatic heterocycles. The highest BCUT2D eigenvalue weighted by Gasteiger charge is 2.19. The maximum Gasteiger partial charge on any atom is 0.114 e. The Balaban J connectivity index is 3.20. The third-order valence-corrected chi connectivity index (χ3v) is 2.73. The Kier molecular flexibility index (Phi) is 3.42. The Hall–Kier alpha value is -0.0100. The molecule has 1 atom stereocenters. The Morgan fingerprint density at radius 2 is 1.77 bits per heavy atom. The van der Waals surface area contributed by atoms with E-state index in [1.807, 2.05) is 6.07 Å². The molecule has 0 heterocycles. The lowest BCUT2D eigenvalue weighted by molar-refractivity contribution is 0.585. The SMILES string of the molecule is CC(C)(C)c1ccccc1C(Cl)Br. The molecule has 1 rings (SSSR count). The monoisotopic (exact) mass is 260 g/mol. The first-order valence-electron chi connectivity index (χ1n) is 4.30. The van der Waals surface area contributed by atoms with Gasteiger partial charge in [0.1, 0.15) is 4.29 Å². The second-order valence-corrected chi connectivity index (χ2v) is 6.02. The van der Waals surface area contributed by atoms with Crippen LogP contribution in [0.1, 0.15) is 36.2 Å². The summed E-state index contributed by atoms with van der Waals surface area (Å²) in [5, 5.41) is 0. The fraction of sp³-hybridized carbons (Fsp3) is 0.455. The largest absolute Gasteiger partial charge is 0.114 e. The molecule has 1 unspecified atom stereocenters. The van der Waals surface area contributed by atoms with E-state index < -0.39 is 0 Å². The third-order valence-electron chi connectivity index (χ3n) is 2.00. The summed E-state index contributed by atoms with van der Waals surface area (Å²) in [6.07, 6.45) is 0. The molecule has 0 nitrogen and oxygen atoms in total. The van der Waals surface area contributed by atoms with Gasteiger partial charge in [-0.25, -0.2) is 0 Å². The van der Waals surface area contributed by atoms with Gasteiger partial charge < -0.3 is 0 Å². The highest BCUT2D eigenvalue weighted by atomic mass is 79.9. The van der Waals surface area contributed by atoms with E-state index in [9.17, 15) is 0 Å². The molecule has 0 bridgehead atoms. The predicted molar refractivity (Wildman–Crippen MR) is 62.7 cm³/mol. The smallest absolute Gasteiger partial charge is 0.105 e. The number of hydrogen-bond donors (Lipinski definition) is 0. The van der Waals surface area contributed by atoms with Crippen LogP contribution in [-0.2, 0) is 5.41 Å². The molecule has 13 heavy (non-hydrogen) atoms. The van der Waals surface area contributed by atoms with Crippen molar-refractivity contribution in [1.29, 1.82) is 0 Å². The van der Waals surface area contributed by atoms with Crippen molar-refractivity contribution < 1.29 is 0 Å². The van der Waals surface area contributed by atoms with Gasteiger partial charge in [-0.05, 0) is 16.5 Å². The Morgan fingerprint density at radius 3 is 2.15 bits per heavy atom. The van der Waals surface area contributed by atoms with Crippen LogP contribution >= 0.6 is 27.5 Å². The quantitative estimate of drug-likeness (QED) is 0.647. The van der Waals surface area contributed by atoms with Crippen LogP contribution in [0.3, 0.4) is 0 Å². The van der Waals surface area contributed by atoms with E-state index in [1.165, 1.54) is 5.56 Å². The van der Waals surface area contributed by atoms with Gasteiger partial charge in [-0.15, -0.1) is 11.6 Å². The average molecular weight is 262 g/mol. The predicted octanol–water partition coefficient (Wildman–Crippen LogP) is 4.62. The minimum atomic E-state index is -0.0945. The summed E-state index contributed by atoms with van der Waals surface area (Å²) >= 11 is 9.42. The summed E-state index contributed by atoms with van der Waals surface area (Å²) in [5.41, 5.74) is 2.61. The normalized spacial score (nSPS) is 14.2. The standard InChI is InChI=1S/C11H14BrCl/c1-11(2,3)9-7-5-4-6-8(9)10(12)13/h4-7,10H,1-3H3. The Morgan fingerprint density at radius 1 is 1.23 bits per heavy atom. The van der Waals surface area contributed by atoms with Crippen LogP contribution in [0.4, 0.5) is 0 Å². The third kappa shape index (κ3) is 2.72. The van der Waals surface area contributed by atoms with Crippen LogP contribution < -0.4 is 0 Å². The summed E-state index contributed by atoms with van der Waals surface area (Å²) in [4.78, 5) is 0. The van der Waals surface area contributed by atoms with Crippen molar-refractivity contribution in [2.75, 3.05) is 0 Å². The molecule has 0 fully saturated rings. The van der Waals surface area contributed by atoms with E-state index in [1.54, 1.807) is 0 Å². The Bertz CT molecular complexity index is 286. The van der Waals surface area contributed by atoms with Crippen LogP contribution in [0.15, 0.2) is 24.3 Å². The average Bonchev–Trinajstić information content (AvgIpc) is 2.03. The first-order valence-corrected chi connectivity index (χ1v) is 5.65. The number of halogens is 2. The van der Waals surface area contributed by atoms with E-state index in [0.717, 1.165) is 5.56 Å². The highest BCUT2D eigenvalue weighted by molar-refractivity contribution is 9.09. The first kappa shape index (κ1) is 11.1. The van der Waals surface area contributed by atoms with Gasteiger partial charge >= 0.3 is 0 Å². The minimum Gasteiger partial charge on any atom is -0.105 e. The van der Waals surface area contributed by atoms with E-state index in [-0.39, 0.29) is 9.70 Å². The molecule has 0 N–H and O–H groups in total. The fourth-order valence-corrected chi connectivity index (χ4v) is 1.96. The van der Waals surface area contributed by atoms with Crippen molar-refractivity contribution in [1.82, 2.24) is 0 Å². The van der Waals surface area contributed by atoms with Gasteiger partial charge in [0.2, 0.25) is 0 Å². The molecular formula is C11H14BrCl. The number of hydrogen-bond acceptors (Lipinski definition) is 0. The van der Waals surface area contributed by atoms with Gasteiger partial charge in [-0.3, -0.25) is 0 Å². The molecule has 0 aliphatic rings. The summed E-state index contributed by atoms with van der Waals surface area (Å²) in [6.45, 7) is 6.58. The van der Waals surface area contributed by atoms with Crippen molar-refractivity contribution >= 4 is 27.5 Å². The lowest BCUT2D eigenvalue weighted by Gasteiger charge is -2.23. The molecule has 0 saturated heterocycles. The van der Waals surface area contributed by atoms with E-state index in [4.69, 9.17) is 11.6 Å². The van der Waals surface area contributed by atoms with E-state index in [0.29, 0.717) is 0 Å². The minimum absolute atomic E-state index is 0.0945. The van der Waals surface area contributed by atoms with Gasteiger partial charge in [0.05, 0.1) is 0 Å². The molecule has 0 radical (unpaired) electrons. The van der Waals surface area contributed by atoms with Gasteiger partial charge in [-0.1, -0.05) is 61.0 Å². The zero-order valence-electron chi connectivity index (χ0n) is 8.14. The molecule has 2 heteroatoms. The maximum atomic E-state index is 6.03. The van der Waals surface area contributed by atoms with Crippen molar-refractivity contribution in [2.45, 2.75) is 30.5 Å². The molecule has 0 saturated carbocycles. The fourth-order valence-electron chi connectivity index (χ4n) is 1.37. The van der Waals surface area contributed by atoms with Crippen molar-refractivity contribution in [3.63, 3.8) is 0 Å². The van der Waals surface area contributed by atoms with Gasteiger partial charge in [0.15, 0.2) is 0 Å². The van der Waals surface area contributed by atoms with Crippen molar-refractivity contribution in [3.8, 4) is 0 Å². The van der Waals surface area contributed by atoms with Crippen LogP contribution in [0, 0.1) is 0 Å². The lowest BCUT2D eigenvalue weighted by atomic mass is 9.84. The molecule has 1 aromatic rings. The highest BCUT2D eigenvalue weighted by Crippen LogP contribution is 2.35. The van der Waals surface area contributed by atoms with Gasteiger partial charge in [0, 0.05) is 0 Å².